The maximum absolute atomic E-state index is 12.6. The number of aryl methyl sites for hydroxylation is 1. The Morgan fingerprint density at radius 2 is 1.66 bits per heavy atom. The summed E-state index contributed by atoms with van der Waals surface area (Å²) in [7, 11) is 1.73. The van der Waals surface area contributed by atoms with Gasteiger partial charge in [-0.25, -0.2) is 13.2 Å². The lowest BCUT2D eigenvalue weighted by molar-refractivity contribution is 0.295. The molecular weight excluding hydrogens is 373 g/mol. The van der Waals surface area contributed by atoms with E-state index in [9.17, 15) is 18.4 Å². The molecule has 5 heteroatoms. The summed E-state index contributed by atoms with van der Waals surface area (Å²) in [5, 5.41) is 12.2. The van der Waals surface area contributed by atoms with Crippen molar-refractivity contribution in [1.29, 1.82) is 5.26 Å². The Morgan fingerprint density at radius 3 is 2.14 bits per heavy atom. The first-order valence-electron chi connectivity index (χ1n) is 9.10. The summed E-state index contributed by atoms with van der Waals surface area (Å²) in [4.78, 5) is 0. The third-order valence-electron chi connectivity index (χ3n) is 4.17. The van der Waals surface area contributed by atoms with E-state index < -0.39 is 13.6 Å². The van der Waals surface area contributed by atoms with Crippen molar-refractivity contribution in [2.24, 2.45) is 0 Å². The molecule has 0 fully saturated rings. The van der Waals surface area contributed by atoms with Crippen molar-refractivity contribution in [2.75, 3.05) is 14.0 Å². The highest BCUT2D eigenvalue weighted by Crippen LogP contribution is 2.23. The first kappa shape index (κ1) is 23.8. The summed E-state index contributed by atoms with van der Waals surface area (Å²) < 4.78 is 31.9. The molecule has 0 unspecified atom stereocenters. The SMILES string of the molecule is C=C/C(=C(/C#N)NC)c1cc(/C=C/c2ccc(CF)cc2)cc(CC)c1.FCF. The van der Waals surface area contributed by atoms with Gasteiger partial charge in [-0.05, 0) is 40.3 Å². The average molecular weight is 398 g/mol. The fourth-order valence-electron chi connectivity index (χ4n) is 2.70. The lowest BCUT2D eigenvalue weighted by Gasteiger charge is -2.10. The fourth-order valence-corrected chi connectivity index (χ4v) is 2.70. The molecule has 0 heterocycles. The van der Waals surface area contributed by atoms with E-state index in [1.807, 2.05) is 30.4 Å². The Balaban J connectivity index is 0.00000132. The van der Waals surface area contributed by atoms with Gasteiger partial charge < -0.3 is 5.32 Å². The van der Waals surface area contributed by atoms with E-state index in [0.717, 1.165) is 28.7 Å². The first-order valence-corrected chi connectivity index (χ1v) is 9.10. The highest BCUT2D eigenvalue weighted by atomic mass is 19.3. The van der Waals surface area contributed by atoms with E-state index in [1.165, 1.54) is 5.56 Å². The van der Waals surface area contributed by atoms with Crippen molar-refractivity contribution in [3.05, 3.63) is 88.6 Å². The molecule has 1 N–H and O–H groups in total. The zero-order valence-corrected chi connectivity index (χ0v) is 16.7. The van der Waals surface area contributed by atoms with Gasteiger partial charge >= 0.3 is 0 Å². The molecule has 29 heavy (non-hydrogen) atoms. The third-order valence-corrected chi connectivity index (χ3v) is 4.17. The molecule has 2 nitrogen and oxygen atoms in total. The zero-order chi connectivity index (χ0) is 21.6. The summed E-state index contributed by atoms with van der Waals surface area (Å²) in [5.41, 5.74) is 6.15. The van der Waals surface area contributed by atoms with Gasteiger partial charge in [0.1, 0.15) is 18.4 Å². The molecule has 0 radical (unpaired) electrons. The first-order chi connectivity index (χ1) is 14.1. The van der Waals surface area contributed by atoms with Gasteiger partial charge in [-0.1, -0.05) is 68.1 Å². The Bertz CT molecular complexity index is 891. The highest BCUT2D eigenvalue weighted by Gasteiger charge is 2.07. The quantitative estimate of drug-likeness (QED) is 0.332. The molecule has 2 rings (SSSR count). The number of benzene rings is 2. The largest absolute Gasteiger partial charge is 0.379 e. The molecule has 0 bridgehead atoms. The van der Waals surface area contributed by atoms with E-state index in [2.05, 4.69) is 37.0 Å². The zero-order valence-electron chi connectivity index (χ0n) is 16.7. The van der Waals surface area contributed by atoms with Crippen molar-refractivity contribution in [2.45, 2.75) is 20.0 Å². The fraction of sp³-hybridized carbons (Fsp3) is 0.208. The molecule has 152 valence electrons. The summed E-state index contributed by atoms with van der Waals surface area (Å²) in [5.74, 6) is 0. The number of nitriles is 1. The number of rotatable bonds is 7. The maximum Gasteiger partial charge on any atom is 0.229 e. The van der Waals surface area contributed by atoms with Gasteiger partial charge in [-0.3, -0.25) is 0 Å². The van der Waals surface area contributed by atoms with Crippen LogP contribution in [-0.4, -0.2) is 14.0 Å². The van der Waals surface area contributed by atoms with Crippen molar-refractivity contribution >= 4 is 17.7 Å². The lowest BCUT2D eigenvalue weighted by atomic mass is 9.97. The van der Waals surface area contributed by atoms with Gasteiger partial charge in [-0.2, -0.15) is 5.26 Å². The van der Waals surface area contributed by atoms with Crippen molar-refractivity contribution < 1.29 is 13.2 Å². The second-order valence-electron chi connectivity index (χ2n) is 5.98. The Labute approximate surface area is 170 Å². The molecule has 2 aromatic rings. The second-order valence-corrected chi connectivity index (χ2v) is 5.98. The average Bonchev–Trinajstić information content (AvgIpc) is 2.76. The molecule has 0 aliphatic carbocycles. The number of alkyl halides is 3. The minimum absolute atomic E-state index is 0.449. The Morgan fingerprint density at radius 1 is 1.03 bits per heavy atom. The van der Waals surface area contributed by atoms with E-state index >= 15 is 0 Å². The summed E-state index contributed by atoms with van der Waals surface area (Å²) in [6.45, 7) is 3.75. The van der Waals surface area contributed by atoms with Crippen LogP contribution in [0.3, 0.4) is 0 Å². The van der Waals surface area contributed by atoms with Gasteiger partial charge in [-0.15, -0.1) is 0 Å². The summed E-state index contributed by atoms with van der Waals surface area (Å²) in [6.07, 6.45) is 6.62. The topological polar surface area (TPSA) is 35.8 Å². The number of nitrogens with one attached hydrogen (secondary N) is 1. The van der Waals surface area contributed by atoms with E-state index in [0.29, 0.717) is 11.3 Å². The molecule has 0 aromatic heterocycles. The summed E-state index contributed by atoms with van der Waals surface area (Å²) in [6, 6.07) is 15.8. The normalized spacial score (nSPS) is 11.2. The predicted octanol–water partition coefficient (Wildman–Crippen LogP) is 6.41. The van der Waals surface area contributed by atoms with Gasteiger partial charge in [0, 0.05) is 12.6 Å². The van der Waals surface area contributed by atoms with Crippen molar-refractivity contribution in [3.8, 4) is 6.07 Å². The predicted molar refractivity (Wildman–Crippen MR) is 115 cm³/mol. The van der Waals surface area contributed by atoms with Gasteiger partial charge in [0.25, 0.3) is 0 Å². The summed E-state index contributed by atoms with van der Waals surface area (Å²) >= 11 is 0. The molecule has 0 saturated heterocycles. The van der Waals surface area contributed by atoms with Crippen LogP contribution in [0.15, 0.2) is 60.8 Å². The number of hydrogen-bond donors (Lipinski definition) is 1. The van der Waals surface area contributed by atoms with Gasteiger partial charge in [0.2, 0.25) is 6.93 Å². The van der Waals surface area contributed by atoms with Crippen LogP contribution in [0.4, 0.5) is 13.2 Å². The second kappa shape index (κ2) is 13.0. The Hall–Kier alpha value is -3.26. The molecule has 0 aliphatic heterocycles. The lowest BCUT2D eigenvalue weighted by Crippen LogP contribution is -2.06. The molecule has 0 atom stereocenters. The maximum atomic E-state index is 12.6. The van der Waals surface area contributed by atoms with Gasteiger partial charge in [0.05, 0.1) is 0 Å². The van der Waals surface area contributed by atoms with Gasteiger partial charge in [0.15, 0.2) is 0 Å². The van der Waals surface area contributed by atoms with Crippen LogP contribution in [0.25, 0.3) is 17.7 Å². The van der Waals surface area contributed by atoms with Crippen LogP contribution in [0, 0.1) is 11.3 Å². The number of allylic oxidation sites excluding steroid dienone is 3. The van der Waals surface area contributed by atoms with Crippen LogP contribution in [0.5, 0.6) is 0 Å². The Kier molecular flexibility index (Phi) is 10.7. The minimum Gasteiger partial charge on any atom is -0.379 e. The molecule has 2 aromatic carbocycles. The molecule has 0 saturated carbocycles. The van der Waals surface area contributed by atoms with Crippen LogP contribution in [0.1, 0.15) is 34.7 Å². The monoisotopic (exact) mass is 398 g/mol. The third kappa shape index (κ3) is 7.34. The number of hydrogen-bond acceptors (Lipinski definition) is 2. The van der Waals surface area contributed by atoms with Crippen LogP contribution < -0.4 is 5.32 Å². The van der Waals surface area contributed by atoms with Crippen LogP contribution in [0.2, 0.25) is 0 Å². The minimum atomic E-state index is -1.75. The smallest absolute Gasteiger partial charge is 0.229 e. The van der Waals surface area contributed by atoms with Crippen molar-refractivity contribution in [3.63, 3.8) is 0 Å². The van der Waals surface area contributed by atoms with E-state index in [-0.39, 0.29) is 0 Å². The van der Waals surface area contributed by atoms with Crippen LogP contribution in [-0.2, 0) is 13.1 Å². The van der Waals surface area contributed by atoms with E-state index in [1.54, 1.807) is 25.3 Å². The van der Waals surface area contributed by atoms with Crippen LogP contribution >= 0.6 is 0 Å². The molecule has 0 spiro atoms. The number of nitrogens with zero attached hydrogens (tertiary/aromatic N) is 1. The van der Waals surface area contributed by atoms with E-state index in [4.69, 9.17) is 0 Å². The number of halogens is 3. The molecule has 0 aliphatic rings. The standard InChI is InChI=1S/C23H23FN2.CH2F2/c1-4-17-12-20(11-8-18-6-9-19(15-24)10-7-18)14-21(13-17)22(5-2)23(16-25)26-3;2-1-3/h5-14,26H,2,4,15H2,1,3H3;1H2/b11-8+,23-22+;. The highest BCUT2D eigenvalue weighted by molar-refractivity contribution is 5.81. The molecular formula is C24H25F3N2. The molecule has 0 amide bonds. The van der Waals surface area contributed by atoms with Crippen molar-refractivity contribution in [1.82, 2.24) is 5.32 Å².